The van der Waals surface area contributed by atoms with Crippen LogP contribution in [0.25, 0.3) is 0 Å². The molecule has 0 radical (unpaired) electrons. The van der Waals surface area contributed by atoms with Crippen LogP contribution in [0.4, 0.5) is 5.69 Å². The lowest BCUT2D eigenvalue weighted by atomic mass is 10.1. The van der Waals surface area contributed by atoms with Crippen molar-refractivity contribution < 1.29 is 13.2 Å². The molecule has 1 rings (SSSR count). The van der Waals surface area contributed by atoms with Gasteiger partial charge in [0.25, 0.3) is 0 Å². The molecule has 1 N–H and O–H groups in total. The van der Waals surface area contributed by atoms with Crippen molar-refractivity contribution in [3.8, 4) is 0 Å². The molecule has 1 aromatic carbocycles. The predicted molar refractivity (Wildman–Crippen MR) is 90.5 cm³/mol. The maximum absolute atomic E-state index is 12.5. The van der Waals surface area contributed by atoms with E-state index in [2.05, 4.69) is 5.32 Å². The highest BCUT2D eigenvalue weighted by Gasteiger charge is 2.32. The molecule has 0 aliphatic rings. The van der Waals surface area contributed by atoms with E-state index >= 15 is 0 Å². The Bertz CT molecular complexity index is 616. The first-order chi connectivity index (χ1) is 9.95. The van der Waals surface area contributed by atoms with Crippen LogP contribution in [0.3, 0.4) is 0 Å². The van der Waals surface area contributed by atoms with Gasteiger partial charge in [0.05, 0.1) is 11.9 Å². The van der Waals surface area contributed by atoms with Crippen LogP contribution in [-0.2, 0) is 14.8 Å². The minimum absolute atomic E-state index is 0.291. The van der Waals surface area contributed by atoms with E-state index in [4.69, 9.17) is 0 Å². The largest absolute Gasteiger partial charge is 0.350 e. The molecule has 5 nitrogen and oxygen atoms in total. The molecule has 0 saturated carbocycles. The highest BCUT2D eigenvalue weighted by atomic mass is 32.2. The van der Waals surface area contributed by atoms with Crippen molar-refractivity contribution in [1.82, 2.24) is 5.32 Å². The Morgan fingerprint density at radius 1 is 1.23 bits per heavy atom. The number of nitrogens with one attached hydrogen (secondary N) is 1. The van der Waals surface area contributed by atoms with E-state index in [1.807, 2.05) is 39.8 Å². The van der Waals surface area contributed by atoms with E-state index in [1.54, 1.807) is 19.1 Å². The highest BCUT2D eigenvalue weighted by Crippen LogP contribution is 2.23. The van der Waals surface area contributed by atoms with Crippen LogP contribution in [0.1, 0.15) is 39.7 Å². The van der Waals surface area contributed by atoms with Crippen LogP contribution >= 0.6 is 0 Å². The van der Waals surface area contributed by atoms with E-state index in [1.165, 1.54) is 4.31 Å². The van der Waals surface area contributed by atoms with Crippen molar-refractivity contribution in [2.45, 2.75) is 52.6 Å². The van der Waals surface area contributed by atoms with Gasteiger partial charge >= 0.3 is 0 Å². The monoisotopic (exact) mass is 326 g/mol. The van der Waals surface area contributed by atoms with Crippen LogP contribution in [0.15, 0.2) is 24.3 Å². The van der Waals surface area contributed by atoms with Crippen molar-refractivity contribution in [3.05, 3.63) is 29.8 Å². The molecule has 0 aliphatic heterocycles. The summed E-state index contributed by atoms with van der Waals surface area (Å²) in [6.45, 7) is 9.34. The first-order valence-electron chi connectivity index (χ1n) is 7.34. The summed E-state index contributed by atoms with van der Waals surface area (Å²) in [6, 6.07) is 6.35. The highest BCUT2D eigenvalue weighted by molar-refractivity contribution is 7.92. The second kappa shape index (κ2) is 6.69. The molecule has 0 bridgehead atoms. The van der Waals surface area contributed by atoms with Crippen molar-refractivity contribution in [2.75, 3.05) is 10.6 Å². The molecule has 124 valence electrons. The number of hydrogen-bond acceptors (Lipinski definition) is 3. The number of carbonyl (C=O) groups is 1. The Morgan fingerprint density at radius 3 is 2.09 bits per heavy atom. The third kappa shape index (κ3) is 5.02. The number of carbonyl (C=O) groups excluding carboxylic acids is 1. The fourth-order valence-electron chi connectivity index (χ4n) is 2.20. The number of sulfonamides is 1. The van der Waals surface area contributed by atoms with Gasteiger partial charge in [-0.15, -0.1) is 0 Å². The maximum Gasteiger partial charge on any atom is 0.244 e. The second-order valence-electron chi connectivity index (χ2n) is 6.56. The molecule has 0 aromatic heterocycles. The van der Waals surface area contributed by atoms with E-state index in [0.717, 1.165) is 11.8 Å². The summed E-state index contributed by atoms with van der Waals surface area (Å²) in [5.74, 6) is -0.291. The Morgan fingerprint density at radius 2 is 1.73 bits per heavy atom. The number of anilines is 1. The molecule has 6 heteroatoms. The molecule has 1 atom stereocenters. The third-order valence-electron chi connectivity index (χ3n) is 3.12. The number of aryl methyl sites for hydroxylation is 1. The van der Waals surface area contributed by atoms with Crippen LogP contribution in [0, 0.1) is 6.92 Å². The molecule has 0 spiro atoms. The average molecular weight is 326 g/mol. The number of hydrogen-bond donors (Lipinski definition) is 1. The predicted octanol–water partition coefficient (Wildman–Crippen LogP) is 2.45. The zero-order valence-corrected chi connectivity index (χ0v) is 15.0. The molecule has 1 aromatic rings. The number of amides is 1. The minimum Gasteiger partial charge on any atom is -0.350 e. The van der Waals surface area contributed by atoms with Crippen molar-refractivity contribution in [1.29, 1.82) is 0 Å². The van der Waals surface area contributed by atoms with Crippen LogP contribution in [0.5, 0.6) is 0 Å². The molecular weight excluding hydrogens is 300 g/mol. The first kappa shape index (κ1) is 18.5. The maximum atomic E-state index is 12.5. The van der Waals surface area contributed by atoms with Crippen molar-refractivity contribution >= 4 is 21.6 Å². The molecular formula is C16H26N2O3S. The van der Waals surface area contributed by atoms with Gasteiger partial charge in [0.15, 0.2) is 0 Å². The summed E-state index contributed by atoms with van der Waals surface area (Å²) in [5.41, 5.74) is 1.12. The third-order valence-corrected chi connectivity index (χ3v) is 4.30. The van der Waals surface area contributed by atoms with Gasteiger partial charge in [-0.1, -0.05) is 24.6 Å². The van der Waals surface area contributed by atoms with E-state index < -0.39 is 21.6 Å². The second-order valence-corrected chi connectivity index (χ2v) is 8.42. The standard InChI is InChI=1S/C16H26N2O3S/c1-7-14(15(19)17-16(3,4)5)18(22(6,20)21)13-10-8-12(2)9-11-13/h8-11,14H,7H2,1-6H3,(H,17,19)/t14-/m1/s1. The van der Waals surface area contributed by atoms with Gasteiger partial charge in [-0.3, -0.25) is 9.10 Å². The lowest BCUT2D eigenvalue weighted by molar-refractivity contribution is -0.123. The molecule has 0 aliphatic carbocycles. The summed E-state index contributed by atoms with van der Waals surface area (Å²) in [4.78, 5) is 12.5. The van der Waals surface area contributed by atoms with Crippen LogP contribution < -0.4 is 9.62 Å². The molecule has 0 fully saturated rings. The number of rotatable bonds is 5. The van der Waals surface area contributed by atoms with E-state index in [0.29, 0.717) is 12.1 Å². The molecule has 1 amide bonds. The summed E-state index contributed by atoms with van der Waals surface area (Å²) >= 11 is 0. The van der Waals surface area contributed by atoms with Crippen LogP contribution in [0.2, 0.25) is 0 Å². The zero-order chi connectivity index (χ0) is 17.1. The number of nitrogens with zero attached hydrogens (tertiary/aromatic N) is 1. The van der Waals surface area contributed by atoms with Gasteiger partial charge in [-0.05, 0) is 46.2 Å². The van der Waals surface area contributed by atoms with E-state index in [9.17, 15) is 13.2 Å². The Labute approximate surface area is 133 Å². The van der Waals surface area contributed by atoms with Crippen molar-refractivity contribution in [3.63, 3.8) is 0 Å². The van der Waals surface area contributed by atoms with Gasteiger partial charge in [-0.25, -0.2) is 8.42 Å². The quantitative estimate of drug-likeness (QED) is 0.904. The van der Waals surface area contributed by atoms with Gasteiger partial charge in [0, 0.05) is 5.54 Å². The van der Waals surface area contributed by atoms with Gasteiger partial charge in [0.1, 0.15) is 6.04 Å². The summed E-state index contributed by atoms with van der Waals surface area (Å²) in [7, 11) is -3.57. The molecule has 0 heterocycles. The van der Waals surface area contributed by atoms with E-state index in [-0.39, 0.29) is 5.91 Å². The Balaban J connectivity index is 3.25. The fourth-order valence-corrected chi connectivity index (χ4v) is 3.42. The average Bonchev–Trinajstić information content (AvgIpc) is 2.33. The lowest BCUT2D eigenvalue weighted by Gasteiger charge is -2.32. The normalized spacial score (nSPS) is 13.5. The smallest absolute Gasteiger partial charge is 0.244 e. The molecule has 0 saturated heterocycles. The number of benzene rings is 1. The minimum atomic E-state index is -3.57. The zero-order valence-electron chi connectivity index (χ0n) is 14.2. The van der Waals surface area contributed by atoms with Crippen LogP contribution in [-0.4, -0.2) is 32.2 Å². The summed E-state index contributed by atoms with van der Waals surface area (Å²) in [5, 5.41) is 2.86. The SMILES string of the molecule is CC[C@H](C(=O)NC(C)(C)C)N(c1ccc(C)cc1)S(C)(=O)=O. The summed E-state index contributed by atoms with van der Waals surface area (Å²) < 4.78 is 25.7. The fraction of sp³-hybridized carbons (Fsp3) is 0.562. The lowest BCUT2D eigenvalue weighted by Crippen LogP contribution is -2.53. The van der Waals surface area contributed by atoms with Gasteiger partial charge < -0.3 is 5.32 Å². The summed E-state index contributed by atoms with van der Waals surface area (Å²) in [6.07, 6.45) is 1.52. The van der Waals surface area contributed by atoms with Gasteiger partial charge in [0.2, 0.25) is 15.9 Å². The Hall–Kier alpha value is -1.56. The van der Waals surface area contributed by atoms with Crippen molar-refractivity contribution in [2.24, 2.45) is 0 Å². The molecule has 0 unspecified atom stereocenters. The Kier molecular flexibility index (Phi) is 5.62. The van der Waals surface area contributed by atoms with Gasteiger partial charge in [-0.2, -0.15) is 0 Å². The topological polar surface area (TPSA) is 66.5 Å². The first-order valence-corrected chi connectivity index (χ1v) is 9.18. The molecule has 22 heavy (non-hydrogen) atoms.